The molecule has 0 N–H and O–H groups in total. The number of hydrogen-bond donors (Lipinski definition) is 0. The lowest BCUT2D eigenvalue weighted by molar-refractivity contribution is -0.167. The van der Waals surface area contributed by atoms with Gasteiger partial charge in [0.15, 0.2) is 0 Å². The van der Waals surface area contributed by atoms with Gasteiger partial charge in [0.2, 0.25) is 0 Å². The van der Waals surface area contributed by atoms with Crippen molar-refractivity contribution >= 4 is 5.97 Å². The molecule has 3 nitrogen and oxygen atoms in total. The predicted octanol–water partition coefficient (Wildman–Crippen LogP) is 4.40. The quantitative estimate of drug-likeness (QED) is 0.706. The van der Waals surface area contributed by atoms with Crippen LogP contribution in [0.5, 0.6) is 0 Å². The third-order valence-electron chi connectivity index (χ3n) is 6.38. The second-order valence-corrected chi connectivity index (χ2v) is 9.12. The van der Waals surface area contributed by atoms with E-state index in [1.54, 1.807) is 0 Å². The van der Waals surface area contributed by atoms with Crippen molar-refractivity contribution in [2.45, 2.75) is 90.2 Å². The summed E-state index contributed by atoms with van der Waals surface area (Å²) in [5, 5.41) is 0. The number of carbonyl (C=O) groups excluding carboxylic acids is 1. The normalized spacial score (nSPS) is 34.0. The SMILES string of the molecule is CC(C)(C)N1CC2CCCCC(C1)C2OC(=O)C1CCCCC1. The minimum absolute atomic E-state index is 0.121. The molecular formula is C20H35NO2. The zero-order valence-electron chi connectivity index (χ0n) is 15.4. The largest absolute Gasteiger partial charge is 0.461 e. The molecule has 0 amide bonds. The standard InChI is InChI=1S/C20H35NO2/c1-20(2,3)21-13-16-11-7-8-12-17(14-21)18(16)23-19(22)15-9-5-4-6-10-15/h15-18H,4-14H2,1-3H3. The highest BCUT2D eigenvalue weighted by Crippen LogP contribution is 2.38. The van der Waals surface area contributed by atoms with Crippen LogP contribution in [0.2, 0.25) is 0 Å². The minimum atomic E-state index is 0.121. The highest BCUT2D eigenvalue weighted by Gasteiger charge is 2.43. The molecule has 0 aromatic carbocycles. The van der Waals surface area contributed by atoms with Gasteiger partial charge in [0.1, 0.15) is 6.10 Å². The summed E-state index contributed by atoms with van der Waals surface area (Å²) in [4.78, 5) is 15.3. The van der Waals surface area contributed by atoms with E-state index in [0.717, 1.165) is 25.9 Å². The van der Waals surface area contributed by atoms with Crippen LogP contribution in [-0.2, 0) is 9.53 Å². The Hall–Kier alpha value is -0.570. The summed E-state index contributed by atoms with van der Waals surface area (Å²) in [7, 11) is 0. The zero-order valence-corrected chi connectivity index (χ0v) is 15.4. The van der Waals surface area contributed by atoms with Crippen molar-refractivity contribution < 1.29 is 9.53 Å². The fraction of sp³-hybridized carbons (Fsp3) is 0.950. The second kappa shape index (κ2) is 7.13. The molecule has 2 aliphatic carbocycles. The first kappa shape index (κ1) is 17.3. The van der Waals surface area contributed by atoms with Crippen LogP contribution < -0.4 is 0 Å². The van der Waals surface area contributed by atoms with Gasteiger partial charge in [-0.25, -0.2) is 0 Å². The first-order valence-corrected chi connectivity index (χ1v) is 9.90. The van der Waals surface area contributed by atoms with Gasteiger partial charge in [0.25, 0.3) is 0 Å². The molecule has 3 rings (SSSR count). The number of nitrogens with zero attached hydrogens (tertiary/aromatic N) is 1. The summed E-state index contributed by atoms with van der Waals surface area (Å²) in [6, 6.07) is 0. The number of piperidine rings is 1. The number of ether oxygens (including phenoxy) is 1. The molecule has 2 saturated carbocycles. The molecule has 3 heteroatoms. The average molecular weight is 322 g/mol. The first-order valence-electron chi connectivity index (χ1n) is 9.90. The lowest BCUT2D eigenvalue weighted by Gasteiger charge is -2.47. The number of fused-ring (bicyclic) bond motifs is 2. The van der Waals surface area contributed by atoms with Crippen LogP contribution in [0.25, 0.3) is 0 Å². The molecule has 1 saturated heterocycles. The monoisotopic (exact) mass is 321 g/mol. The van der Waals surface area contributed by atoms with E-state index in [1.807, 2.05) is 0 Å². The lowest BCUT2D eigenvalue weighted by Crippen LogP contribution is -2.56. The highest BCUT2D eigenvalue weighted by atomic mass is 16.5. The number of likely N-dealkylation sites (tertiary alicyclic amines) is 1. The lowest BCUT2D eigenvalue weighted by atomic mass is 9.82. The summed E-state index contributed by atoms with van der Waals surface area (Å²) in [5.74, 6) is 1.40. The third kappa shape index (κ3) is 4.10. The molecule has 2 bridgehead atoms. The predicted molar refractivity (Wildman–Crippen MR) is 93.2 cm³/mol. The minimum Gasteiger partial charge on any atom is -0.461 e. The van der Waals surface area contributed by atoms with Crippen molar-refractivity contribution in [1.29, 1.82) is 0 Å². The van der Waals surface area contributed by atoms with Crippen LogP contribution in [0, 0.1) is 17.8 Å². The number of hydrogen-bond acceptors (Lipinski definition) is 3. The van der Waals surface area contributed by atoms with E-state index in [0.29, 0.717) is 11.8 Å². The van der Waals surface area contributed by atoms with Crippen LogP contribution in [0.3, 0.4) is 0 Å². The van der Waals surface area contributed by atoms with Gasteiger partial charge in [-0.15, -0.1) is 0 Å². The first-order chi connectivity index (χ1) is 10.9. The second-order valence-electron chi connectivity index (χ2n) is 9.12. The fourth-order valence-electron chi connectivity index (χ4n) is 4.87. The summed E-state index contributed by atoms with van der Waals surface area (Å²) >= 11 is 0. The van der Waals surface area contributed by atoms with Crippen molar-refractivity contribution in [1.82, 2.24) is 4.90 Å². The average Bonchev–Trinajstić information content (AvgIpc) is 2.63. The molecule has 2 unspecified atom stereocenters. The van der Waals surface area contributed by atoms with E-state index in [4.69, 9.17) is 4.74 Å². The molecule has 1 heterocycles. The Balaban J connectivity index is 1.67. The van der Waals surface area contributed by atoms with Crippen molar-refractivity contribution in [3.63, 3.8) is 0 Å². The Morgan fingerprint density at radius 3 is 1.91 bits per heavy atom. The Bertz CT molecular complexity index is 392. The van der Waals surface area contributed by atoms with E-state index in [2.05, 4.69) is 25.7 Å². The van der Waals surface area contributed by atoms with E-state index in [-0.39, 0.29) is 23.5 Å². The topological polar surface area (TPSA) is 29.5 Å². The molecule has 3 fully saturated rings. The van der Waals surface area contributed by atoms with Crippen molar-refractivity contribution in [3.05, 3.63) is 0 Å². The highest BCUT2D eigenvalue weighted by molar-refractivity contribution is 5.72. The van der Waals surface area contributed by atoms with Gasteiger partial charge in [-0.3, -0.25) is 9.69 Å². The number of carbonyl (C=O) groups is 1. The van der Waals surface area contributed by atoms with Crippen LogP contribution >= 0.6 is 0 Å². The molecule has 2 atom stereocenters. The van der Waals surface area contributed by atoms with Crippen LogP contribution in [0.1, 0.15) is 78.6 Å². The number of esters is 1. The van der Waals surface area contributed by atoms with E-state index >= 15 is 0 Å². The smallest absolute Gasteiger partial charge is 0.309 e. The molecular weight excluding hydrogens is 286 g/mol. The van der Waals surface area contributed by atoms with Crippen LogP contribution in [0.4, 0.5) is 0 Å². The maximum Gasteiger partial charge on any atom is 0.309 e. The van der Waals surface area contributed by atoms with E-state index in [9.17, 15) is 4.79 Å². The van der Waals surface area contributed by atoms with Gasteiger partial charge in [-0.2, -0.15) is 0 Å². The molecule has 23 heavy (non-hydrogen) atoms. The maximum atomic E-state index is 12.7. The van der Waals surface area contributed by atoms with Gasteiger partial charge in [0.05, 0.1) is 5.92 Å². The Labute approximate surface area is 142 Å². The molecule has 0 radical (unpaired) electrons. The summed E-state index contributed by atoms with van der Waals surface area (Å²) in [6.07, 6.45) is 11.0. The van der Waals surface area contributed by atoms with E-state index in [1.165, 1.54) is 44.9 Å². The van der Waals surface area contributed by atoms with Gasteiger partial charge in [0, 0.05) is 30.5 Å². The molecule has 132 valence electrons. The molecule has 3 aliphatic rings. The van der Waals surface area contributed by atoms with Crippen molar-refractivity contribution in [3.8, 4) is 0 Å². The summed E-state index contributed by atoms with van der Waals surface area (Å²) in [5.41, 5.74) is 0.221. The van der Waals surface area contributed by atoms with Crippen molar-refractivity contribution in [2.75, 3.05) is 13.1 Å². The summed E-state index contributed by atoms with van der Waals surface area (Å²) < 4.78 is 6.17. The number of rotatable bonds is 2. The Morgan fingerprint density at radius 1 is 0.870 bits per heavy atom. The van der Waals surface area contributed by atoms with E-state index < -0.39 is 0 Å². The third-order valence-corrected chi connectivity index (χ3v) is 6.38. The fourth-order valence-corrected chi connectivity index (χ4v) is 4.87. The van der Waals surface area contributed by atoms with Crippen LogP contribution in [0.15, 0.2) is 0 Å². The molecule has 0 aromatic rings. The van der Waals surface area contributed by atoms with Gasteiger partial charge in [-0.1, -0.05) is 32.1 Å². The molecule has 0 spiro atoms. The van der Waals surface area contributed by atoms with Crippen LogP contribution in [-0.4, -0.2) is 35.6 Å². The molecule has 1 aliphatic heterocycles. The van der Waals surface area contributed by atoms with Crippen molar-refractivity contribution in [2.24, 2.45) is 17.8 Å². The Morgan fingerprint density at radius 2 is 1.39 bits per heavy atom. The van der Waals surface area contributed by atoms with Gasteiger partial charge >= 0.3 is 5.97 Å². The maximum absolute atomic E-state index is 12.7. The van der Waals surface area contributed by atoms with Gasteiger partial charge in [-0.05, 0) is 46.5 Å². The molecule has 0 aromatic heterocycles. The van der Waals surface area contributed by atoms with Gasteiger partial charge < -0.3 is 4.74 Å². The summed E-state index contributed by atoms with van der Waals surface area (Å²) in [6.45, 7) is 9.14. The Kier molecular flexibility index (Phi) is 5.35. The zero-order chi connectivity index (χ0) is 16.4.